The summed E-state index contributed by atoms with van der Waals surface area (Å²) in [6, 6.07) is 11.0. The molecule has 0 bridgehead atoms. The first-order chi connectivity index (χ1) is 11.4. The van der Waals surface area contributed by atoms with Crippen molar-refractivity contribution in [2.45, 2.75) is 6.92 Å². The molecule has 122 valence electrons. The predicted octanol–water partition coefficient (Wildman–Crippen LogP) is 4.36. The van der Waals surface area contributed by atoms with Crippen molar-refractivity contribution >= 4 is 23.3 Å². The molecule has 1 heterocycles. The van der Waals surface area contributed by atoms with Crippen molar-refractivity contribution in [3.05, 3.63) is 76.4 Å². The molecule has 7 heteroatoms. The molecule has 0 aliphatic rings. The normalized spacial score (nSPS) is 10.7. The first kappa shape index (κ1) is 16.1. The van der Waals surface area contributed by atoms with Gasteiger partial charge in [-0.2, -0.15) is 5.10 Å². The van der Waals surface area contributed by atoms with Gasteiger partial charge in [0.15, 0.2) is 0 Å². The number of anilines is 1. The highest BCUT2D eigenvalue weighted by molar-refractivity contribution is 6.31. The van der Waals surface area contributed by atoms with Gasteiger partial charge in [0.2, 0.25) is 0 Å². The summed E-state index contributed by atoms with van der Waals surface area (Å²) in [5, 5.41) is 7.11. The maximum absolute atomic E-state index is 13.8. The van der Waals surface area contributed by atoms with Crippen LogP contribution in [0.4, 0.5) is 14.6 Å². The van der Waals surface area contributed by atoms with E-state index in [1.165, 1.54) is 41.1 Å². The summed E-state index contributed by atoms with van der Waals surface area (Å²) in [5.41, 5.74) is 1.03. The molecule has 3 aromatic rings. The van der Waals surface area contributed by atoms with Gasteiger partial charge < -0.3 is 5.32 Å². The van der Waals surface area contributed by atoms with Gasteiger partial charge in [-0.1, -0.05) is 11.6 Å². The SMILES string of the molecule is Cc1cc(NC(=O)c2cc(Cl)ccc2F)n(-c2ccc(F)cc2)n1. The standard InChI is InChI=1S/C17H12ClF2N3O/c1-10-8-16(23(22-10)13-5-3-12(19)4-6-13)21-17(24)14-9-11(18)2-7-15(14)20/h2-9H,1H3,(H,21,24). The van der Waals surface area contributed by atoms with Crippen LogP contribution in [0.25, 0.3) is 5.69 Å². The molecule has 0 spiro atoms. The third-order valence-corrected chi connectivity index (χ3v) is 3.55. The predicted molar refractivity (Wildman–Crippen MR) is 87.6 cm³/mol. The summed E-state index contributed by atoms with van der Waals surface area (Å²) in [6.07, 6.45) is 0. The van der Waals surface area contributed by atoms with Crippen LogP contribution < -0.4 is 5.32 Å². The number of aryl methyl sites for hydroxylation is 1. The Morgan fingerprint density at radius 2 is 1.83 bits per heavy atom. The van der Waals surface area contributed by atoms with Crippen LogP contribution in [0.3, 0.4) is 0 Å². The average Bonchev–Trinajstić information content (AvgIpc) is 2.91. The van der Waals surface area contributed by atoms with Crippen molar-refractivity contribution in [3.8, 4) is 5.69 Å². The van der Waals surface area contributed by atoms with E-state index in [9.17, 15) is 13.6 Å². The molecular weight excluding hydrogens is 336 g/mol. The minimum atomic E-state index is -0.679. The van der Waals surface area contributed by atoms with Crippen LogP contribution in [0.5, 0.6) is 0 Å². The van der Waals surface area contributed by atoms with Crippen LogP contribution in [0.15, 0.2) is 48.5 Å². The van der Waals surface area contributed by atoms with Gasteiger partial charge in [0.05, 0.1) is 16.9 Å². The number of carbonyl (C=O) groups is 1. The lowest BCUT2D eigenvalue weighted by atomic mass is 10.2. The Balaban J connectivity index is 1.94. The molecule has 0 atom stereocenters. The fourth-order valence-corrected chi connectivity index (χ4v) is 2.39. The van der Waals surface area contributed by atoms with E-state index in [0.29, 0.717) is 17.2 Å². The summed E-state index contributed by atoms with van der Waals surface area (Å²) < 4.78 is 28.3. The Morgan fingerprint density at radius 3 is 2.54 bits per heavy atom. The highest BCUT2D eigenvalue weighted by Crippen LogP contribution is 2.20. The third-order valence-electron chi connectivity index (χ3n) is 3.32. The number of benzene rings is 2. The van der Waals surface area contributed by atoms with Crippen LogP contribution >= 0.6 is 11.6 Å². The number of amides is 1. The second-order valence-corrected chi connectivity index (χ2v) is 5.57. The lowest BCUT2D eigenvalue weighted by Crippen LogP contribution is -2.16. The molecule has 24 heavy (non-hydrogen) atoms. The molecule has 1 aromatic heterocycles. The number of nitrogens with one attached hydrogen (secondary N) is 1. The largest absolute Gasteiger partial charge is 0.306 e. The monoisotopic (exact) mass is 347 g/mol. The Labute approximate surface area is 141 Å². The van der Waals surface area contributed by atoms with Crippen molar-refractivity contribution in [1.29, 1.82) is 0 Å². The minimum Gasteiger partial charge on any atom is -0.306 e. The van der Waals surface area contributed by atoms with E-state index < -0.39 is 11.7 Å². The average molecular weight is 348 g/mol. The van der Waals surface area contributed by atoms with Crippen LogP contribution in [0.2, 0.25) is 5.02 Å². The van der Waals surface area contributed by atoms with Crippen molar-refractivity contribution in [3.63, 3.8) is 0 Å². The van der Waals surface area contributed by atoms with Gasteiger partial charge in [-0.05, 0) is 49.4 Å². The molecule has 0 aliphatic heterocycles. The lowest BCUT2D eigenvalue weighted by Gasteiger charge is -2.09. The quantitative estimate of drug-likeness (QED) is 0.765. The molecule has 3 rings (SSSR count). The van der Waals surface area contributed by atoms with E-state index in [4.69, 9.17) is 11.6 Å². The smallest absolute Gasteiger partial charge is 0.259 e. The zero-order valence-electron chi connectivity index (χ0n) is 12.6. The second kappa shape index (κ2) is 6.41. The number of carbonyl (C=O) groups excluding carboxylic acids is 1. The molecule has 0 saturated carbocycles. The zero-order valence-corrected chi connectivity index (χ0v) is 13.3. The van der Waals surface area contributed by atoms with Crippen molar-refractivity contribution in [1.82, 2.24) is 9.78 Å². The van der Waals surface area contributed by atoms with E-state index in [-0.39, 0.29) is 16.4 Å². The van der Waals surface area contributed by atoms with Gasteiger partial charge in [0.25, 0.3) is 5.91 Å². The molecule has 0 aliphatic carbocycles. The number of nitrogens with zero attached hydrogens (tertiary/aromatic N) is 2. The highest BCUT2D eigenvalue weighted by atomic mass is 35.5. The number of rotatable bonds is 3. The number of halogens is 3. The van der Waals surface area contributed by atoms with E-state index in [0.717, 1.165) is 6.07 Å². The molecule has 1 amide bonds. The van der Waals surface area contributed by atoms with Crippen LogP contribution in [-0.2, 0) is 0 Å². The van der Waals surface area contributed by atoms with Gasteiger partial charge in [0.1, 0.15) is 17.5 Å². The van der Waals surface area contributed by atoms with Crippen molar-refractivity contribution < 1.29 is 13.6 Å². The lowest BCUT2D eigenvalue weighted by molar-refractivity contribution is 0.102. The van der Waals surface area contributed by atoms with E-state index >= 15 is 0 Å². The van der Waals surface area contributed by atoms with Crippen molar-refractivity contribution in [2.24, 2.45) is 0 Å². The Bertz CT molecular complexity index is 907. The first-order valence-corrected chi connectivity index (χ1v) is 7.41. The van der Waals surface area contributed by atoms with Crippen LogP contribution in [0.1, 0.15) is 16.1 Å². The Kier molecular flexibility index (Phi) is 4.31. The first-order valence-electron chi connectivity index (χ1n) is 7.03. The zero-order chi connectivity index (χ0) is 17.3. The maximum atomic E-state index is 13.8. The molecular formula is C17H12ClF2N3O. The Hall–Kier alpha value is -2.73. The van der Waals surface area contributed by atoms with Crippen molar-refractivity contribution in [2.75, 3.05) is 5.32 Å². The summed E-state index contributed by atoms with van der Waals surface area (Å²) >= 11 is 5.81. The summed E-state index contributed by atoms with van der Waals surface area (Å²) in [5.74, 6) is -1.38. The topological polar surface area (TPSA) is 46.9 Å². The third kappa shape index (κ3) is 3.28. The van der Waals surface area contributed by atoms with E-state index in [1.54, 1.807) is 13.0 Å². The molecule has 0 radical (unpaired) electrons. The van der Waals surface area contributed by atoms with Crippen LogP contribution in [-0.4, -0.2) is 15.7 Å². The second-order valence-electron chi connectivity index (χ2n) is 5.14. The van der Waals surface area contributed by atoms with E-state index in [1.807, 2.05) is 0 Å². The number of hydrogen-bond donors (Lipinski definition) is 1. The highest BCUT2D eigenvalue weighted by Gasteiger charge is 2.16. The molecule has 0 unspecified atom stereocenters. The summed E-state index contributed by atoms with van der Waals surface area (Å²) in [6.45, 7) is 1.75. The summed E-state index contributed by atoms with van der Waals surface area (Å²) in [7, 11) is 0. The number of hydrogen-bond acceptors (Lipinski definition) is 2. The van der Waals surface area contributed by atoms with Gasteiger partial charge in [-0.25, -0.2) is 13.5 Å². The molecule has 0 saturated heterocycles. The Morgan fingerprint density at radius 1 is 1.12 bits per heavy atom. The minimum absolute atomic E-state index is 0.174. The number of aromatic nitrogens is 2. The fourth-order valence-electron chi connectivity index (χ4n) is 2.22. The summed E-state index contributed by atoms with van der Waals surface area (Å²) in [4.78, 5) is 12.3. The van der Waals surface area contributed by atoms with Gasteiger partial charge in [-0.3, -0.25) is 4.79 Å². The molecule has 0 fully saturated rings. The fraction of sp³-hybridized carbons (Fsp3) is 0.0588. The molecule has 2 aromatic carbocycles. The van der Waals surface area contributed by atoms with Gasteiger partial charge >= 0.3 is 0 Å². The van der Waals surface area contributed by atoms with Gasteiger partial charge in [0, 0.05) is 11.1 Å². The van der Waals surface area contributed by atoms with Crippen LogP contribution in [0, 0.1) is 18.6 Å². The molecule has 4 nitrogen and oxygen atoms in total. The van der Waals surface area contributed by atoms with E-state index in [2.05, 4.69) is 10.4 Å². The maximum Gasteiger partial charge on any atom is 0.259 e. The molecule has 1 N–H and O–H groups in total. The van der Waals surface area contributed by atoms with Gasteiger partial charge in [-0.15, -0.1) is 0 Å².